The Kier molecular flexibility index (Phi) is 4.63. The molecule has 15 heavy (non-hydrogen) atoms. The number of rotatable bonds is 4. The summed E-state index contributed by atoms with van der Waals surface area (Å²) in [5, 5.41) is 8.33. The molecule has 0 aliphatic heterocycles. The first-order chi connectivity index (χ1) is 6.88. The summed E-state index contributed by atoms with van der Waals surface area (Å²) in [5.41, 5.74) is 0.709. The van der Waals surface area contributed by atoms with Gasteiger partial charge in [-0.3, -0.25) is 0 Å². The molecule has 0 saturated heterocycles. The Morgan fingerprint density at radius 1 is 1.47 bits per heavy atom. The van der Waals surface area contributed by atoms with Crippen LogP contribution in [0.5, 0.6) is 0 Å². The van der Waals surface area contributed by atoms with Crippen LogP contribution < -0.4 is 10.5 Å². The number of hydrogen-bond acceptors (Lipinski definition) is 3. The van der Waals surface area contributed by atoms with Crippen molar-refractivity contribution in [3.05, 3.63) is 26.8 Å². The standard InChI is InChI=1S/C8H10ClIN2O2S/c9-7-5-6(10)1-2-8(7)12-3-4-15(11,13)14/h1-2,5,12H,3-4H2,(H2,11,13,14). The van der Waals surface area contributed by atoms with E-state index in [0.29, 0.717) is 10.7 Å². The van der Waals surface area contributed by atoms with Crippen LogP contribution in [0, 0.1) is 3.57 Å². The van der Waals surface area contributed by atoms with Crippen LogP contribution in [0.4, 0.5) is 5.69 Å². The van der Waals surface area contributed by atoms with E-state index in [9.17, 15) is 8.42 Å². The van der Waals surface area contributed by atoms with E-state index in [1.54, 1.807) is 12.1 Å². The summed E-state index contributed by atoms with van der Waals surface area (Å²) in [6, 6.07) is 5.47. The fourth-order valence-electron chi connectivity index (χ4n) is 0.961. The molecule has 7 heteroatoms. The van der Waals surface area contributed by atoms with Gasteiger partial charge in [-0.25, -0.2) is 13.6 Å². The molecule has 0 aliphatic carbocycles. The lowest BCUT2D eigenvalue weighted by atomic mass is 10.3. The van der Waals surface area contributed by atoms with Gasteiger partial charge in [0.05, 0.1) is 16.5 Å². The molecule has 1 aromatic rings. The Morgan fingerprint density at radius 2 is 2.13 bits per heavy atom. The quantitative estimate of drug-likeness (QED) is 0.802. The van der Waals surface area contributed by atoms with Crippen LogP contribution in [0.15, 0.2) is 18.2 Å². The Hall–Kier alpha value is -0.0500. The number of nitrogens with one attached hydrogen (secondary N) is 1. The van der Waals surface area contributed by atoms with Crippen LogP contribution in [0.25, 0.3) is 0 Å². The predicted octanol–water partition coefficient (Wildman–Crippen LogP) is 1.65. The first-order valence-electron chi connectivity index (χ1n) is 4.08. The van der Waals surface area contributed by atoms with Gasteiger partial charge in [-0.05, 0) is 40.8 Å². The number of benzene rings is 1. The van der Waals surface area contributed by atoms with Gasteiger partial charge in [0, 0.05) is 10.1 Å². The second-order valence-corrected chi connectivity index (χ2v) is 6.30. The van der Waals surface area contributed by atoms with E-state index in [1.165, 1.54) is 0 Å². The average Bonchev–Trinajstić information content (AvgIpc) is 2.07. The highest BCUT2D eigenvalue weighted by molar-refractivity contribution is 14.1. The van der Waals surface area contributed by atoms with Crippen molar-refractivity contribution < 1.29 is 8.42 Å². The lowest BCUT2D eigenvalue weighted by Gasteiger charge is -2.07. The molecule has 0 bridgehead atoms. The molecule has 0 fully saturated rings. The van der Waals surface area contributed by atoms with Crippen LogP contribution in [-0.2, 0) is 10.0 Å². The van der Waals surface area contributed by atoms with Crippen LogP contribution >= 0.6 is 34.2 Å². The van der Waals surface area contributed by atoms with Crippen molar-refractivity contribution in [2.24, 2.45) is 5.14 Å². The van der Waals surface area contributed by atoms with Crippen molar-refractivity contribution in [3.8, 4) is 0 Å². The van der Waals surface area contributed by atoms with Crippen LogP contribution in [0.3, 0.4) is 0 Å². The highest BCUT2D eigenvalue weighted by Crippen LogP contribution is 2.23. The van der Waals surface area contributed by atoms with E-state index in [2.05, 4.69) is 27.9 Å². The zero-order chi connectivity index (χ0) is 11.5. The molecule has 3 N–H and O–H groups in total. The molecule has 0 atom stereocenters. The number of anilines is 1. The number of sulfonamides is 1. The third kappa shape index (κ3) is 5.01. The predicted molar refractivity (Wildman–Crippen MR) is 70.6 cm³/mol. The second kappa shape index (κ2) is 5.33. The van der Waals surface area contributed by atoms with Crippen molar-refractivity contribution in [3.63, 3.8) is 0 Å². The van der Waals surface area contributed by atoms with Gasteiger partial charge in [0.1, 0.15) is 0 Å². The van der Waals surface area contributed by atoms with Gasteiger partial charge in [-0.1, -0.05) is 11.6 Å². The topological polar surface area (TPSA) is 72.2 Å². The molecular formula is C8H10ClIN2O2S. The Morgan fingerprint density at radius 3 is 2.67 bits per heavy atom. The van der Waals surface area contributed by atoms with Crippen LogP contribution in [0.1, 0.15) is 0 Å². The van der Waals surface area contributed by atoms with Gasteiger partial charge < -0.3 is 5.32 Å². The van der Waals surface area contributed by atoms with Crippen molar-refractivity contribution in [1.82, 2.24) is 0 Å². The lowest BCUT2D eigenvalue weighted by molar-refractivity contribution is 0.598. The number of halogens is 2. The molecule has 0 saturated carbocycles. The molecule has 0 aromatic heterocycles. The Labute approximate surface area is 107 Å². The molecule has 0 aliphatic rings. The lowest BCUT2D eigenvalue weighted by Crippen LogP contribution is -2.22. The fourth-order valence-corrected chi connectivity index (χ4v) is 2.27. The third-order valence-electron chi connectivity index (χ3n) is 1.63. The SMILES string of the molecule is NS(=O)(=O)CCNc1ccc(I)cc1Cl. The molecule has 1 aromatic carbocycles. The van der Waals surface area contributed by atoms with Gasteiger partial charge in [0.15, 0.2) is 0 Å². The second-order valence-electron chi connectivity index (χ2n) is 2.92. The molecule has 1 rings (SSSR count). The summed E-state index contributed by atoms with van der Waals surface area (Å²) in [6.07, 6.45) is 0. The molecule has 0 unspecified atom stereocenters. The maximum absolute atomic E-state index is 10.7. The van der Waals surface area contributed by atoms with Gasteiger partial charge in [0.2, 0.25) is 10.0 Å². The van der Waals surface area contributed by atoms with Crippen LogP contribution in [0.2, 0.25) is 5.02 Å². The van der Waals surface area contributed by atoms with Gasteiger partial charge in [0.25, 0.3) is 0 Å². The summed E-state index contributed by atoms with van der Waals surface area (Å²) in [4.78, 5) is 0. The number of hydrogen-bond donors (Lipinski definition) is 2. The van der Waals surface area contributed by atoms with Crippen molar-refractivity contribution >= 4 is 49.9 Å². The van der Waals surface area contributed by atoms with Crippen LogP contribution in [-0.4, -0.2) is 20.7 Å². The summed E-state index contributed by atoms with van der Waals surface area (Å²) in [7, 11) is -3.42. The molecular weight excluding hydrogens is 351 g/mol. The van der Waals surface area contributed by atoms with Gasteiger partial charge >= 0.3 is 0 Å². The van der Waals surface area contributed by atoms with E-state index >= 15 is 0 Å². The maximum atomic E-state index is 10.7. The molecule has 0 spiro atoms. The highest BCUT2D eigenvalue weighted by Gasteiger charge is 2.04. The molecule has 0 amide bonds. The summed E-state index contributed by atoms with van der Waals surface area (Å²) in [5.74, 6) is -0.116. The number of primary sulfonamides is 1. The van der Waals surface area contributed by atoms with Gasteiger partial charge in [-0.15, -0.1) is 0 Å². The summed E-state index contributed by atoms with van der Waals surface area (Å²) < 4.78 is 22.4. The monoisotopic (exact) mass is 360 g/mol. The minimum Gasteiger partial charge on any atom is -0.383 e. The number of nitrogens with two attached hydrogens (primary N) is 1. The van der Waals surface area contributed by atoms with Crippen molar-refractivity contribution in [1.29, 1.82) is 0 Å². The van der Waals surface area contributed by atoms with Crippen molar-refractivity contribution in [2.45, 2.75) is 0 Å². The smallest absolute Gasteiger partial charge is 0.210 e. The molecule has 4 nitrogen and oxygen atoms in total. The van der Waals surface area contributed by atoms with E-state index in [4.69, 9.17) is 16.7 Å². The Balaban J connectivity index is 2.59. The van der Waals surface area contributed by atoms with Crippen molar-refractivity contribution in [2.75, 3.05) is 17.6 Å². The summed E-state index contributed by atoms with van der Waals surface area (Å²) >= 11 is 8.08. The zero-order valence-corrected chi connectivity index (χ0v) is 11.4. The molecule has 0 radical (unpaired) electrons. The van der Waals surface area contributed by atoms with E-state index in [1.807, 2.05) is 6.07 Å². The first-order valence-corrected chi connectivity index (χ1v) is 7.25. The minimum atomic E-state index is -3.42. The van der Waals surface area contributed by atoms with E-state index in [0.717, 1.165) is 3.57 Å². The molecule has 0 heterocycles. The largest absolute Gasteiger partial charge is 0.383 e. The minimum absolute atomic E-state index is 0.116. The first kappa shape index (κ1) is 13.0. The third-order valence-corrected chi connectivity index (χ3v) is 3.39. The van der Waals surface area contributed by atoms with Gasteiger partial charge in [-0.2, -0.15) is 0 Å². The average molecular weight is 361 g/mol. The normalized spacial score (nSPS) is 11.4. The van der Waals surface area contributed by atoms with E-state index < -0.39 is 10.0 Å². The zero-order valence-electron chi connectivity index (χ0n) is 7.70. The Bertz CT molecular complexity index is 450. The maximum Gasteiger partial charge on any atom is 0.210 e. The van der Waals surface area contributed by atoms with E-state index in [-0.39, 0.29) is 12.3 Å². The fraction of sp³-hybridized carbons (Fsp3) is 0.250. The molecule has 84 valence electrons. The summed E-state index contributed by atoms with van der Waals surface area (Å²) in [6.45, 7) is 0.249. The highest BCUT2D eigenvalue weighted by atomic mass is 127.